The average Bonchev–Trinajstić information content (AvgIpc) is 2.96. The number of nitrogens with one attached hydrogen (secondary N) is 2. The molecule has 2 N–H and O–H groups in total. The number of rotatable bonds is 4. The van der Waals surface area contributed by atoms with E-state index in [1.165, 1.54) is 6.92 Å². The second-order valence-corrected chi connectivity index (χ2v) is 6.58. The molecular formula is C19H21F3N2O2. The number of aromatic amines is 1. The lowest BCUT2D eigenvalue weighted by molar-refractivity contribution is -0.179. The molecule has 0 spiro atoms. The molecule has 7 heteroatoms. The van der Waals surface area contributed by atoms with Gasteiger partial charge in [-0.15, -0.1) is 0 Å². The number of amides is 1. The molecule has 1 aromatic heterocycles. The maximum atomic E-state index is 12.7. The molecule has 1 fully saturated rings. The molecule has 1 amide bonds. The van der Waals surface area contributed by atoms with Crippen LogP contribution in [0.5, 0.6) is 5.75 Å². The third kappa shape index (κ3) is 4.39. The highest BCUT2D eigenvalue weighted by Gasteiger charge is 2.40. The maximum Gasteiger partial charge on any atom is 0.391 e. The summed E-state index contributed by atoms with van der Waals surface area (Å²) >= 11 is 0. The quantitative estimate of drug-likeness (QED) is 0.732. The highest BCUT2D eigenvalue weighted by Crippen LogP contribution is 2.39. The molecule has 0 radical (unpaired) electrons. The van der Waals surface area contributed by atoms with Crippen molar-refractivity contribution in [3.05, 3.63) is 36.0 Å². The second-order valence-electron chi connectivity index (χ2n) is 6.58. The van der Waals surface area contributed by atoms with Gasteiger partial charge in [0.05, 0.1) is 11.6 Å². The van der Waals surface area contributed by atoms with Gasteiger partial charge in [-0.1, -0.05) is 5.57 Å². The maximum absolute atomic E-state index is 12.7. The van der Waals surface area contributed by atoms with Crippen LogP contribution < -0.4 is 10.1 Å². The number of alkyl halides is 3. The molecule has 26 heavy (non-hydrogen) atoms. The highest BCUT2D eigenvalue weighted by molar-refractivity contribution is 6.01. The molecule has 1 aromatic carbocycles. The van der Waals surface area contributed by atoms with Gasteiger partial charge in [-0.2, -0.15) is 13.2 Å². The SMILES string of the molecule is CC(=O)Nc1c[nH]c2ccc(OCC=C3CCC(C(F)(F)F)CC3)cc12. The van der Waals surface area contributed by atoms with Gasteiger partial charge in [-0.25, -0.2) is 0 Å². The zero-order chi connectivity index (χ0) is 18.7. The first-order valence-corrected chi connectivity index (χ1v) is 8.59. The largest absolute Gasteiger partial charge is 0.490 e. The van der Waals surface area contributed by atoms with E-state index in [1.807, 2.05) is 24.3 Å². The minimum absolute atomic E-state index is 0.156. The molecule has 140 valence electrons. The van der Waals surface area contributed by atoms with E-state index in [0.717, 1.165) is 16.5 Å². The van der Waals surface area contributed by atoms with E-state index in [0.29, 0.717) is 30.9 Å². The number of ether oxygens (including phenoxy) is 1. The molecule has 3 rings (SSSR count). The van der Waals surface area contributed by atoms with Gasteiger partial charge in [0.1, 0.15) is 12.4 Å². The van der Waals surface area contributed by atoms with E-state index >= 15 is 0 Å². The van der Waals surface area contributed by atoms with E-state index in [9.17, 15) is 18.0 Å². The van der Waals surface area contributed by atoms with Gasteiger partial charge in [0.2, 0.25) is 5.91 Å². The molecule has 0 aliphatic heterocycles. The van der Waals surface area contributed by atoms with Gasteiger partial charge in [0.15, 0.2) is 0 Å². The lowest BCUT2D eigenvalue weighted by atomic mass is 9.85. The van der Waals surface area contributed by atoms with Crippen molar-refractivity contribution in [2.24, 2.45) is 5.92 Å². The fraction of sp³-hybridized carbons (Fsp3) is 0.421. The highest BCUT2D eigenvalue weighted by atomic mass is 19.4. The number of allylic oxidation sites excluding steroid dienone is 1. The van der Waals surface area contributed by atoms with Crippen molar-refractivity contribution in [3.8, 4) is 5.75 Å². The Morgan fingerprint density at radius 2 is 2.08 bits per heavy atom. The molecule has 4 nitrogen and oxygen atoms in total. The molecule has 1 aliphatic rings. The van der Waals surface area contributed by atoms with E-state index in [-0.39, 0.29) is 18.7 Å². The van der Waals surface area contributed by atoms with Gasteiger partial charge < -0.3 is 15.0 Å². The number of fused-ring (bicyclic) bond motifs is 1. The van der Waals surface area contributed by atoms with Crippen LogP contribution in [-0.2, 0) is 4.79 Å². The second kappa shape index (κ2) is 7.43. The van der Waals surface area contributed by atoms with E-state index in [4.69, 9.17) is 4.74 Å². The van der Waals surface area contributed by atoms with E-state index in [1.54, 1.807) is 6.20 Å². The summed E-state index contributed by atoms with van der Waals surface area (Å²) in [6.45, 7) is 1.76. The minimum Gasteiger partial charge on any atom is -0.490 e. The third-order valence-corrected chi connectivity index (χ3v) is 4.68. The Balaban J connectivity index is 1.59. The average molecular weight is 366 g/mol. The third-order valence-electron chi connectivity index (χ3n) is 4.68. The van der Waals surface area contributed by atoms with Gasteiger partial charge >= 0.3 is 6.18 Å². The first-order valence-electron chi connectivity index (χ1n) is 8.59. The fourth-order valence-electron chi connectivity index (χ4n) is 3.26. The first kappa shape index (κ1) is 18.4. The monoisotopic (exact) mass is 366 g/mol. The van der Waals surface area contributed by atoms with Crippen molar-refractivity contribution in [1.29, 1.82) is 0 Å². The summed E-state index contributed by atoms with van der Waals surface area (Å²) in [6.07, 6.45) is 0.767. The Kier molecular flexibility index (Phi) is 5.25. The van der Waals surface area contributed by atoms with Crippen LogP contribution in [0.1, 0.15) is 32.6 Å². The molecule has 1 heterocycles. The summed E-state index contributed by atoms with van der Waals surface area (Å²) in [5.41, 5.74) is 2.58. The number of aromatic nitrogens is 1. The van der Waals surface area contributed by atoms with Gasteiger partial charge in [0.25, 0.3) is 0 Å². The number of hydrogen-bond acceptors (Lipinski definition) is 2. The first-order chi connectivity index (χ1) is 12.3. The number of anilines is 1. The summed E-state index contributed by atoms with van der Waals surface area (Å²) in [6, 6.07) is 5.50. The lowest BCUT2D eigenvalue weighted by Gasteiger charge is -2.25. The molecule has 0 saturated heterocycles. The minimum atomic E-state index is -4.08. The van der Waals surface area contributed by atoms with Crippen LogP contribution in [0.4, 0.5) is 18.9 Å². The number of carbonyl (C=O) groups is 1. The topological polar surface area (TPSA) is 54.1 Å². The predicted octanol–water partition coefficient (Wildman–Crippen LogP) is 5.18. The van der Waals surface area contributed by atoms with Crippen LogP contribution in [0, 0.1) is 5.92 Å². The van der Waals surface area contributed by atoms with Crippen molar-refractivity contribution >= 4 is 22.5 Å². The van der Waals surface area contributed by atoms with Gasteiger partial charge in [-0.05, 0) is 50.0 Å². The van der Waals surface area contributed by atoms with Crippen LogP contribution in [-0.4, -0.2) is 23.7 Å². The van der Waals surface area contributed by atoms with Gasteiger partial charge in [-0.3, -0.25) is 4.79 Å². The van der Waals surface area contributed by atoms with Crippen molar-refractivity contribution in [2.45, 2.75) is 38.8 Å². The van der Waals surface area contributed by atoms with Crippen LogP contribution in [0.25, 0.3) is 10.9 Å². The number of halogens is 3. The van der Waals surface area contributed by atoms with Crippen LogP contribution >= 0.6 is 0 Å². The number of hydrogen-bond donors (Lipinski definition) is 2. The Labute approximate surface area is 149 Å². The van der Waals surface area contributed by atoms with Crippen molar-refractivity contribution in [1.82, 2.24) is 4.98 Å². The normalized spacial score (nSPS) is 18.0. The zero-order valence-corrected chi connectivity index (χ0v) is 14.5. The van der Waals surface area contributed by atoms with Crippen molar-refractivity contribution in [2.75, 3.05) is 11.9 Å². The Hall–Kier alpha value is -2.44. The lowest BCUT2D eigenvalue weighted by Crippen LogP contribution is -2.25. The van der Waals surface area contributed by atoms with E-state index < -0.39 is 12.1 Å². The van der Waals surface area contributed by atoms with E-state index in [2.05, 4.69) is 10.3 Å². The number of carbonyl (C=O) groups excluding carboxylic acids is 1. The molecule has 0 bridgehead atoms. The van der Waals surface area contributed by atoms with Crippen molar-refractivity contribution in [3.63, 3.8) is 0 Å². The Morgan fingerprint density at radius 1 is 1.35 bits per heavy atom. The summed E-state index contributed by atoms with van der Waals surface area (Å²) in [5.74, 6) is -0.690. The smallest absolute Gasteiger partial charge is 0.391 e. The number of H-pyrrole nitrogens is 1. The van der Waals surface area contributed by atoms with Crippen LogP contribution in [0.15, 0.2) is 36.0 Å². The molecule has 1 aliphatic carbocycles. The summed E-state index contributed by atoms with van der Waals surface area (Å²) in [5, 5.41) is 3.59. The summed E-state index contributed by atoms with van der Waals surface area (Å²) in [7, 11) is 0. The number of benzene rings is 1. The summed E-state index contributed by atoms with van der Waals surface area (Å²) < 4.78 is 43.8. The standard InChI is InChI=1S/C19H21F3N2O2/c1-12(25)24-18-11-23-17-7-6-15(10-16(17)18)26-9-8-13-2-4-14(5-3-13)19(20,21)22/h6-8,10-11,14,23H,2-5,9H2,1H3,(H,24,25). The molecule has 2 aromatic rings. The predicted molar refractivity (Wildman–Crippen MR) is 94.2 cm³/mol. The molecule has 1 saturated carbocycles. The van der Waals surface area contributed by atoms with Crippen LogP contribution in [0.2, 0.25) is 0 Å². The fourth-order valence-corrected chi connectivity index (χ4v) is 3.26. The Bertz CT molecular complexity index is 814. The molecule has 0 unspecified atom stereocenters. The van der Waals surface area contributed by atoms with Crippen molar-refractivity contribution < 1.29 is 22.7 Å². The molecule has 0 atom stereocenters. The zero-order valence-electron chi connectivity index (χ0n) is 14.5. The molecular weight excluding hydrogens is 345 g/mol. The van der Waals surface area contributed by atoms with Gasteiger partial charge in [0, 0.05) is 24.0 Å². The van der Waals surface area contributed by atoms with Crippen LogP contribution in [0.3, 0.4) is 0 Å². The summed E-state index contributed by atoms with van der Waals surface area (Å²) in [4.78, 5) is 14.3. The Morgan fingerprint density at radius 3 is 2.73 bits per heavy atom.